The molecule has 2 aromatic carbocycles. The standard InChI is InChI=1S/C18H15NO3/c20-16-10-9-14-7-4-8-15(18(14)19(16)17-12-22-17)21-11-13-5-2-1-3-6-13/h1-10,17H,11-12H2. The summed E-state index contributed by atoms with van der Waals surface area (Å²) in [5, 5.41) is 0.973. The Balaban J connectivity index is 1.77. The summed E-state index contributed by atoms with van der Waals surface area (Å²) < 4.78 is 12.9. The van der Waals surface area contributed by atoms with Crippen molar-refractivity contribution in [2.24, 2.45) is 0 Å². The van der Waals surface area contributed by atoms with Gasteiger partial charge in [-0.05, 0) is 17.7 Å². The maximum atomic E-state index is 12.2. The molecule has 1 unspecified atom stereocenters. The molecule has 0 radical (unpaired) electrons. The van der Waals surface area contributed by atoms with E-state index in [2.05, 4.69) is 0 Å². The number of aromatic nitrogens is 1. The van der Waals surface area contributed by atoms with E-state index in [4.69, 9.17) is 9.47 Å². The molecule has 3 aromatic rings. The normalized spacial score (nSPS) is 16.6. The molecule has 1 fully saturated rings. The van der Waals surface area contributed by atoms with E-state index in [1.165, 1.54) is 0 Å². The second kappa shape index (κ2) is 5.31. The Kier molecular flexibility index (Phi) is 3.16. The molecule has 110 valence electrons. The van der Waals surface area contributed by atoms with Crippen LogP contribution >= 0.6 is 0 Å². The number of para-hydroxylation sites is 1. The Morgan fingerprint density at radius 2 is 1.86 bits per heavy atom. The lowest BCUT2D eigenvalue weighted by Crippen LogP contribution is -2.19. The van der Waals surface area contributed by atoms with Crippen LogP contribution in [-0.4, -0.2) is 11.2 Å². The first-order chi connectivity index (χ1) is 10.8. The molecule has 0 spiro atoms. The molecule has 1 aliphatic rings. The number of ether oxygens (including phenoxy) is 2. The lowest BCUT2D eigenvalue weighted by atomic mass is 10.2. The fourth-order valence-electron chi connectivity index (χ4n) is 2.61. The van der Waals surface area contributed by atoms with Gasteiger partial charge in [0.1, 0.15) is 12.4 Å². The zero-order chi connectivity index (χ0) is 14.9. The molecule has 4 rings (SSSR count). The Labute approximate surface area is 127 Å². The van der Waals surface area contributed by atoms with Crippen molar-refractivity contribution in [1.29, 1.82) is 0 Å². The maximum absolute atomic E-state index is 12.2. The number of hydrogen-bond acceptors (Lipinski definition) is 3. The third kappa shape index (κ3) is 2.38. The highest BCUT2D eigenvalue weighted by Gasteiger charge is 2.28. The first-order valence-corrected chi connectivity index (χ1v) is 7.25. The van der Waals surface area contributed by atoms with Gasteiger partial charge in [-0.25, -0.2) is 0 Å². The summed E-state index contributed by atoms with van der Waals surface area (Å²) >= 11 is 0. The Morgan fingerprint density at radius 3 is 2.64 bits per heavy atom. The molecule has 4 nitrogen and oxygen atoms in total. The van der Waals surface area contributed by atoms with Gasteiger partial charge in [0.25, 0.3) is 5.56 Å². The molecule has 0 amide bonds. The number of rotatable bonds is 4. The van der Waals surface area contributed by atoms with E-state index in [1.54, 1.807) is 10.6 Å². The van der Waals surface area contributed by atoms with Crippen molar-refractivity contribution in [2.45, 2.75) is 12.8 Å². The first-order valence-electron chi connectivity index (χ1n) is 7.25. The molecular formula is C18H15NO3. The summed E-state index contributed by atoms with van der Waals surface area (Å²) in [6.45, 7) is 1.04. The van der Waals surface area contributed by atoms with Gasteiger partial charge in [-0.2, -0.15) is 0 Å². The fraction of sp³-hybridized carbons (Fsp3) is 0.167. The average molecular weight is 293 g/mol. The van der Waals surface area contributed by atoms with Crippen LogP contribution in [-0.2, 0) is 11.3 Å². The summed E-state index contributed by atoms with van der Waals surface area (Å²) in [7, 11) is 0. The van der Waals surface area contributed by atoms with Crippen molar-refractivity contribution in [2.75, 3.05) is 6.61 Å². The minimum atomic E-state index is -0.169. The van der Waals surface area contributed by atoms with Gasteiger partial charge < -0.3 is 9.47 Å². The van der Waals surface area contributed by atoms with Crippen molar-refractivity contribution in [1.82, 2.24) is 4.57 Å². The fourth-order valence-corrected chi connectivity index (χ4v) is 2.61. The van der Waals surface area contributed by atoms with Crippen LogP contribution in [0.2, 0.25) is 0 Å². The third-order valence-corrected chi connectivity index (χ3v) is 3.75. The predicted molar refractivity (Wildman–Crippen MR) is 84.0 cm³/mol. The largest absolute Gasteiger partial charge is 0.487 e. The molecule has 2 heterocycles. The average Bonchev–Trinajstić information content (AvgIpc) is 3.38. The molecule has 0 aliphatic carbocycles. The summed E-state index contributed by atoms with van der Waals surface area (Å²) in [6, 6.07) is 19.2. The number of benzene rings is 2. The van der Waals surface area contributed by atoms with Crippen molar-refractivity contribution in [3.8, 4) is 5.75 Å². The summed E-state index contributed by atoms with van der Waals surface area (Å²) in [5.74, 6) is 0.703. The van der Waals surface area contributed by atoms with E-state index in [1.807, 2.05) is 54.6 Å². The third-order valence-electron chi connectivity index (χ3n) is 3.75. The Hall–Kier alpha value is -2.59. The van der Waals surface area contributed by atoms with Gasteiger partial charge in [-0.1, -0.05) is 42.5 Å². The molecule has 0 bridgehead atoms. The Morgan fingerprint density at radius 1 is 1.05 bits per heavy atom. The number of hydrogen-bond donors (Lipinski definition) is 0. The van der Waals surface area contributed by atoms with Gasteiger partial charge in [-0.3, -0.25) is 9.36 Å². The van der Waals surface area contributed by atoms with Crippen molar-refractivity contribution in [3.63, 3.8) is 0 Å². The van der Waals surface area contributed by atoms with Crippen LogP contribution in [0.5, 0.6) is 5.75 Å². The smallest absolute Gasteiger partial charge is 0.253 e. The van der Waals surface area contributed by atoms with Crippen molar-refractivity contribution < 1.29 is 9.47 Å². The van der Waals surface area contributed by atoms with Crippen LogP contribution in [0.1, 0.15) is 11.8 Å². The van der Waals surface area contributed by atoms with Crippen LogP contribution in [0.4, 0.5) is 0 Å². The van der Waals surface area contributed by atoms with Gasteiger partial charge in [0, 0.05) is 11.5 Å². The highest BCUT2D eigenvalue weighted by atomic mass is 16.6. The molecule has 1 atom stereocenters. The molecule has 1 aromatic heterocycles. The highest BCUT2D eigenvalue weighted by Crippen LogP contribution is 2.31. The van der Waals surface area contributed by atoms with Gasteiger partial charge in [-0.15, -0.1) is 0 Å². The van der Waals surface area contributed by atoms with Gasteiger partial charge in [0.05, 0.1) is 12.1 Å². The van der Waals surface area contributed by atoms with Crippen LogP contribution in [0.25, 0.3) is 10.9 Å². The quantitative estimate of drug-likeness (QED) is 0.694. The van der Waals surface area contributed by atoms with Crippen LogP contribution < -0.4 is 10.3 Å². The molecular weight excluding hydrogens is 278 g/mol. The number of pyridine rings is 1. The lowest BCUT2D eigenvalue weighted by Gasteiger charge is -2.13. The minimum absolute atomic E-state index is 0.0641. The van der Waals surface area contributed by atoms with Gasteiger partial charge >= 0.3 is 0 Å². The maximum Gasteiger partial charge on any atom is 0.253 e. The summed E-state index contributed by atoms with van der Waals surface area (Å²) in [5.41, 5.74) is 1.83. The monoisotopic (exact) mass is 293 g/mol. The van der Waals surface area contributed by atoms with Crippen molar-refractivity contribution >= 4 is 10.9 Å². The van der Waals surface area contributed by atoms with Gasteiger partial charge in [0.2, 0.25) is 0 Å². The topological polar surface area (TPSA) is 43.8 Å². The predicted octanol–water partition coefficient (Wildman–Crippen LogP) is 3.11. The number of nitrogens with zero attached hydrogens (tertiary/aromatic N) is 1. The van der Waals surface area contributed by atoms with E-state index >= 15 is 0 Å². The molecule has 22 heavy (non-hydrogen) atoms. The zero-order valence-corrected chi connectivity index (χ0v) is 11.9. The van der Waals surface area contributed by atoms with Crippen LogP contribution in [0.3, 0.4) is 0 Å². The van der Waals surface area contributed by atoms with E-state index in [9.17, 15) is 4.79 Å². The minimum Gasteiger partial charge on any atom is -0.487 e. The Bertz CT molecular complexity index is 866. The molecule has 0 N–H and O–H groups in total. The lowest BCUT2D eigenvalue weighted by molar-refractivity contribution is 0.305. The first kappa shape index (κ1) is 13.1. The number of fused-ring (bicyclic) bond motifs is 1. The number of epoxide rings is 1. The summed E-state index contributed by atoms with van der Waals surface area (Å²) in [6.07, 6.45) is -0.169. The highest BCUT2D eigenvalue weighted by molar-refractivity contribution is 5.85. The van der Waals surface area contributed by atoms with Crippen molar-refractivity contribution in [3.05, 3.63) is 76.6 Å². The second-order valence-electron chi connectivity index (χ2n) is 5.30. The zero-order valence-electron chi connectivity index (χ0n) is 11.9. The SMILES string of the molecule is O=c1ccc2cccc(OCc3ccccc3)c2n1C1CO1. The van der Waals surface area contributed by atoms with Crippen LogP contribution in [0.15, 0.2) is 65.5 Å². The van der Waals surface area contributed by atoms with E-state index in [0.717, 1.165) is 16.5 Å². The van der Waals surface area contributed by atoms with Crippen LogP contribution in [0, 0.1) is 0 Å². The second-order valence-corrected chi connectivity index (χ2v) is 5.30. The molecule has 1 aliphatic heterocycles. The van der Waals surface area contributed by atoms with E-state index in [-0.39, 0.29) is 11.8 Å². The summed E-state index contributed by atoms with van der Waals surface area (Å²) in [4.78, 5) is 12.2. The van der Waals surface area contributed by atoms with E-state index < -0.39 is 0 Å². The molecule has 4 heteroatoms. The molecule has 0 saturated carbocycles. The molecule has 1 saturated heterocycles. The van der Waals surface area contributed by atoms with E-state index in [0.29, 0.717) is 19.0 Å². The van der Waals surface area contributed by atoms with Gasteiger partial charge in [0.15, 0.2) is 6.23 Å².